The first-order valence-electron chi connectivity index (χ1n) is 7.23. The molecule has 2 rings (SSSR count). The number of nitrogens with zero attached hydrogens (tertiary/aromatic N) is 1. The van der Waals surface area contributed by atoms with Crippen molar-refractivity contribution in [3.63, 3.8) is 0 Å². The summed E-state index contributed by atoms with van der Waals surface area (Å²) in [6.45, 7) is 8.91. The number of nitrogens with one attached hydrogen (secondary N) is 1. The van der Waals surface area contributed by atoms with E-state index in [2.05, 4.69) is 10.2 Å². The maximum Gasteiger partial charge on any atom is 0.167 e. The van der Waals surface area contributed by atoms with Crippen LogP contribution in [-0.4, -0.2) is 50.5 Å². The minimum Gasteiger partial charge on any atom is -0.496 e. The fourth-order valence-electron chi connectivity index (χ4n) is 2.76. The van der Waals surface area contributed by atoms with Gasteiger partial charge in [-0.2, -0.15) is 0 Å². The molecule has 20 heavy (non-hydrogen) atoms. The van der Waals surface area contributed by atoms with E-state index in [1.165, 1.54) is 0 Å². The number of hydrogen-bond donors (Lipinski definition) is 1. The Kier molecular flexibility index (Phi) is 5.15. The van der Waals surface area contributed by atoms with Crippen molar-refractivity contribution >= 4 is 5.78 Å². The topological polar surface area (TPSA) is 41.6 Å². The Labute approximate surface area is 121 Å². The number of carbonyl (C=O) groups is 1. The number of hydrogen-bond acceptors (Lipinski definition) is 4. The number of Topliss-reactive ketones (excluding diaryl/α,β-unsaturated/α-hetero) is 1. The van der Waals surface area contributed by atoms with E-state index in [4.69, 9.17) is 4.74 Å². The molecule has 0 radical (unpaired) electrons. The minimum atomic E-state index is 0.173. The van der Waals surface area contributed by atoms with Gasteiger partial charge in [0.05, 0.1) is 12.7 Å². The van der Waals surface area contributed by atoms with Crippen LogP contribution in [-0.2, 0) is 0 Å². The van der Waals surface area contributed by atoms with Crippen LogP contribution >= 0.6 is 0 Å². The van der Waals surface area contributed by atoms with Gasteiger partial charge in [-0.25, -0.2) is 0 Å². The van der Waals surface area contributed by atoms with Gasteiger partial charge < -0.3 is 15.0 Å². The largest absolute Gasteiger partial charge is 0.496 e. The monoisotopic (exact) mass is 276 g/mol. The molecule has 1 aliphatic rings. The Balaban J connectivity index is 2.04. The van der Waals surface area contributed by atoms with Gasteiger partial charge in [0.15, 0.2) is 5.78 Å². The van der Waals surface area contributed by atoms with Gasteiger partial charge in [-0.3, -0.25) is 4.79 Å². The van der Waals surface area contributed by atoms with Crippen molar-refractivity contribution in [1.29, 1.82) is 0 Å². The lowest BCUT2D eigenvalue weighted by atomic mass is 10.0. The Bertz CT molecular complexity index is 480. The van der Waals surface area contributed by atoms with Crippen molar-refractivity contribution in [1.82, 2.24) is 10.2 Å². The zero-order valence-corrected chi connectivity index (χ0v) is 12.7. The van der Waals surface area contributed by atoms with E-state index in [9.17, 15) is 4.79 Å². The first-order valence-corrected chi connectivity index (χ1v) is 7.23. The van der Waals surface area contributed by atoms with Crippen LogP contribution in [0.3, 0.4) is 0 Å². The number of ether oxygens (including phenoxy) is 1. The van der Waals surface area contributed by atoms with Gasteiger partial charge in [0.25, 0.3) is 0 Å². The van der Waals surface area contributed by atoms with Gasteiger partial charge in [0.1, 0.15) is 5.75 Å². The van der Waals surface area contributed by atoms with Gasteiger partial charge in [-0.05, 0) is 31.0 Å². The number of piperazine rings is 1. The van der Waals surface area contributed by atoms with Crippen LogP contribution in [0.25, 0.3) is 0 Å². The second-order valence-corrected chi connectivity index (χ2v) is 5.43. The number of carbonyl (C=O) groups excluding carboxylic acids is 1. The van der Waals surface area contributed by atoms with E-state index < -0.39 is 0 Å². The molecule has 0 amide bonds. The highest BCUT2D eigenvalue weighted by atomic mass is 16.5. The van der Waals surface area contributed by atoms with E-state index in [-0.39, 0.29) is 5.78 Å². The Hall–Kier alpha value is -1.39. The van der Waals surface area contributed by atoms with Gasteiger partial charge >= 0.3 is 0 Å². The standard InChI is InChI=1S/C16H24N2O2/c1-12-10-13(2)16(20-3)14(11-12)15(19)4-7-18-8-5-17-6-9-18/h10-11,17H,4-9H2,1-3H3. The predicted octanol–water partition coefficient (Wildman–Crippen LogP) is 1.79. The molecular formula is C16H24N2O2. The lowest BCUT2D eigenvalue weighted by Crippen LogP contribution is -2.44. The fourth-order valence-corrected chi connectivity index (χ4v) is 2.76. The fraction of sp³-hybridized carbons (Fsp3) is 0.562. The molecule has 1 saturated heterocycles. The lowest BCUT2D eigenvalue weighted by molar-refractivity contribution is 0.0957. The molecule has 1 fully saturated rings. The van der Waals surface area contributed by atoms with E-state index in [0.29, 0.717) is 6.42 Å². The number of aryl methyl sites for hydroxylation is 2. The number of methoxy groups -OCH3 is 1. The first-order chi connectivity index (χ1) is 9.61. The summed E-state index contributed by atoms with van der Waals surface area (Å²) in [6, 6.07) is 3.98. The summed E-state index contributed by atoms with van der Waals surface area (Å²) < 4.78 is 5.40. The summed E-state index contributed by atoms with van der Waals surface area (Å²) >= 11 is 0. The van der Waals surface area contributed by atoms with Crippen molar-refractivity contribution < 1.29 is 9.53 Å². The molecule has 0 bridgehead atoms. The lowest BCUT2D eigenvalue weighted by Gasteiger charge is -2.26. The third-order valence-corrected chi connectivity index (χ3v) is 3.79. The molecule has 110 valence electrons. The molecule has 1 aromatic carbocycles. The number of benzene rings is 1. The highest BCUT2D eigenvalue weighted by molar-refractivity contribution is 5.99. The van der Waals surface area contributed by atoms with E-state index in [1.54, 1.807) is 7.11 Å². The van der Waals surface area contributed by atoms with Crippen LogP contribution < -0.4 is 10.1 Å². The van der Waals surface area contributed by atoms with Gasteiger partial charge in [-0.15, -0.1) is 0 Å². The molecule has 1 aliphatic heterocycles. The normalized spacial score (nSPS) is 16.1. The molecule has 0 aromatic heterocycles. The molecule has 4 nitrogen and oxygen atoms in total. The SMILES string of the molecule is COc1c(C)cc(C)cc1C(=O)CCN1CCNCC1. The number of ketones is 1. The van der Waals surface area contributed by atoms with E-state index in [1.807, 2.05) is 26.0 Å². The molecule has 0 spiro atoms. The minimum absolute atomic E-state index is 0.173. The summed E-state index contributed by atoms with van der Waals surface area (Å²) in [7, 11) is 1.63. The van der Waals surface area contributed by atoms with Crippen molar-refractivity contribution in [3.05, 3.63) is 28.8 Å². The molecule has 0 aliphatic carbocycles. The first kappa shape index (κ1) is 15.0. The van der Waals surface area contributed by atoms with Crippen LogP contribution in [0, 0.1) is 13.8 Å². The molecule has 1 heterocycles. The van der Waals surface area contributed by atoms with Crippen LogP contribution in [0.4, 0.5) is 0 Å². The van der Waals surface area contributed by atoms with E-state index in [0.717, 1.165) is 55.2 Å². The summed E-state index contributed by atoms with van der Waals surface area (Å²) in [5.41, 5.74) is 2.85. The predicted molar refractivity (Wildman–Crippen MR) is 80.7 cm³/mol. The maximum atomic E-state index is 12.4. The zero-order valence-electron chi connectivity index (χ0n) is 12.7. The summed E-state index contributed by atoms with van der Waals surface area (Å²) in [5, 5.41) is 3.32. The Morgan fingerprint density at radius 2 is 2.00 bits per heavy atom. The third kappa shape index (κ3) is 3.58. The summed E-state index contributed by atoms with van der Waals surface area (Å²) in [4.78, 5) is 14.8. The van der Waals surface area contributed by atoms with Crippen LogP contribution in [0.1, 0.15) is 27.9 Å². The summed E-state index contributed by atoms with van der Waals surface area (Å²) in [6.07, 6.45) is 0.555. The zero-order chi connectivity index (χ0) is 14.5. The molecule has 0 atom stereocenters. The average Bonchev–Trinajstić information content (AvgIpc) is 2.45. The van der Waals surface area contributed by atoms with Crippen LogP contribution in [0.15, 0.2) is 12.1 Å². The van der Waals surface area contributed by atoms with Crippen molar-refractivity contribution in [2.24, 2.45) is 0 Å². The molecule has 0 unspecified atom stereocenters. The molecule has 1 aromatic rings. The van der Waals surface area contributed by atoms with Crippen LogP contribution in [0.5, 0.6) is 5.75 Å². The van der Waals surface area contributed by atoms with Crippen molar-refractivity contribution in [2.45, 2.75) is 20.3 Å². The van der Waals surface area contributed by atoms with Gasteiger partial charge in [0.2, 0.25) is 0 Å². The summed E-state index contributed by atoms with van der Waals surface area (Å²) in [5.74, 6) is 0.896. The third-order valence-electron chi connectivity index (χ3n) is 3.79. The van der Waals surface area contributed by atoms with Gasteiger partial charge in [0, 0.05) is 39.1 Å². The molecule has 1 N–H and O–H groups in total. The second-order valence-electron chi connectivity index (χ2n) is 5.43. The highest BCUT2D eigenvalue weighted by Crippen LogP contribution is 2.26. The second kappa shape index (κ2) is 6.86. The van der Waals surface area contributed by atoms with E-state index >= 15 is 0 Å². The molecular weight excluding hydrogens is 252 g/mol. The molecule has 0 saturated carbocycles. The maximum absolute atomic E-state index is 12.4. The van der Waals surface area contributed by atoms with Crippen LogP contribution in [0.2, 0.25) is 0 Å². The van der Waals surface area contributed by atoms with Crippen molar-refractivity contribution in [2.75, 3.05) is 39.8 Å². The number of rotatable bonds is 5. The quantitative estimate of drug-likeness (QED) is 0.833. The molecule has 4 heteroatoms. The Morgan fingerprint density at radius 1 is 1.30 bits per heavy atom. The van der Waals surface area contributed by atoms with Crippen molar-refractivity contribution in [3.8, 4) is 5.75 Å². The van der Waals surface area contributed by atoms with Gasteiger partial charge in [-0.1, -0.05) is 6.07 Å². The highest BCUT2D eigenvalue weighted by Gasteiger charge is 2.17. The smallest absolute Gasteiger partial charge is 0.167 e. The Morgan fingerprint density at radius 3 is 2.65 bits per heavy atom. The average molecular weight is 276 g/mol.